The normalized spacial score (nSPS) is 19.4. The Morgan fingerprint density at radius 2 is 1.50 bits per heavy atom. The van der Waals surface area contributed by atoms with Crippen molar-refractivity contribution in [3.8, 4) is 11.5 Å². The Labute approximate surface area is 229 Å². The highest BCUT2D eigenvalue weighted by Crippen LogP contribution is 2.37. The molecule has 0 radical (unpaired) electrons. The molecule has 0 spiro atoms. The van der Waals surface area contributed by atoms with Crippen LogP contribution >= 0.6 is 0 Å². The van der Waals surface area contributed by atoms with Gasteiger partial charge in [0.15, 0.2) is 0 Å². The molecule has 3 heteroatoms. The van der Waals surface area contributed by atoms with Crippen LogP contribution in [0.5, 0.6) is 11.5 Å². The molecule has 0 saturated heterocycles. The monoisotopic (exact) mass is 512 g/mol. The first-order chi connectivity index (χ1) is 18.7. The maximum Gasteiger partial charge on any atom is 0.206 e. The average Bonchev–Trinajstić information content (AvgIpc) is 2.99. The SMILES string of the molecule is CCC(C)c1ccc(OC(OCCOc2ccc(C3CCCCC3)cc2)C2CCCc3ccccc32)cc1. The second kappa shape index (κ2) is 13.3. The largest absolute Gasteiger partial charge is 0.491 e. The number of rotatable bonds is 11. The van der Waals surface area contributed by atoms with Crippen molar-refractivity contribution in [2.75, 3.05) is 13.2 Å². The van der Waals surface area contributed by atoms with Gasteiger partial charge in [0.2, 0.25) is 6.29 Å². The minimum Gasteiger partial charge on any atom is -0.491 e. The second-order valence-corrected chi connectivity index (χ2v) is 11.2. The summed E-state index contributed by atoms with van der Waals surface area (Å²) in [4.78, 5) is 0. The molecule has 1 fully saturated rings. The molecule has 0 heterocycles. The molecule has 0 N–H and O–H groups in total. The molecule has 202 valence electrons. The van der Waals surface area contributed by atoms with E-state index in [1.165, 1.54) is 54.4 Å². The van der Waals surface area contributed by atoms with E-state index in [4.69, 9.17) is 14.2 Å². The smallest absolute Gasteiger partial charge is 0.206 e. The van der Waals surface area contributed by atoms with E-state index in [1.54, 1.807) is 0 Å². The molecule has 2 aliphatic rings. The molecular weight excluding hydrogens is 468 g/mol. The van der Waals surface area contributed by atoms with E-state index in [-0.39, 0.29) is 12.2 Å². The van der Waals surface area contributed by atoms with Gasteiger partial charge < -0.3 is 14.2 Å². The van der Waals surface area contributed by atoms with Crippen molar-refractivity contribution in [2.45, 2.75) is 95.7 Å². The Hall–Kier alpha value is -2.78. The van der Waals surface area contributed by atoms with Crippen LogP contribution < -0.4 is 9.47 Å². The minimum absolute atomic E-state index is 0.212. The predicted octanol–water partition coefficient (Wildman–Crippen LogP) is 9.17. The van der Waals surface area contributed by atoms with Gasteiger partial charge in [-0.05, 0) is 96.9 Å². The molecule has 3 atom stereocenters. The van der Waals surface area contributed by atoms with Gasteiger partial charge in [-0.25, -0.2) is 0 Å². The highest BCUT2D eigenvalue weighted by Gasteiger charge is 2.30. The lowest BCUT2D eigenvalue weighted by Gasteiger charge is -2.32. The van der Waals surface area contributed by atoms with Crippen LogP contribution in [0, 0.1) is 0 Å². The van der Waals surface area contributed by atoms with Gasteiger partial charge in [0, 0.05) is 5.92 Å². The van der Waals surface area contributed by atoms with Crippen LogP contribution in [0.1, 0.15) is 105 Å². The number of fused-ring (bicyclic) bond motifs is 1. The van der Waals surface area contributed by atoms with Crippen molar-refractivity contribution >= 4 is 0 Å². The summed E-state index contributed by atoms with van der Waals surface area (Å²) < 4.78 is 19.1. The molecule has 0 aliphatic heterocycles. The highest BCUT2D eigenvalue weighted by atomic mass is 16.7. The fraction of sp³-hybridized carbons (Fsp3) is 0.486. The molecule has 3 nitrogen and oxygen atoms in total. The third kappa shape index (κ3) is 6.80. The Morgan fingerprint density at radius 3 is 2.26 bits per heavy atom. The summed E-state index contributed by atoms with van der Waals surface area (Å²) in [5, 5.41) is 0. The molecule has 3 aromatic rings. The van der Waals surface area contributed by atoms with Gasteiger partial charge in [-0.2, -0.15) is 0 Å². The summed E-state index contributed by atoms with van der Waals surface area (Å²) in [6.45, 7) is 5.49. The van der Waals surface area contributed by atoms with Crippen LogP contribution in [0.4, 0.5) is 0 Å². The van der Waals surface area contributed by atoms with Crippen molar-refractivity contribution in [1.82, 2.24) is 0 Å². The zero-order valence-electron chi connectivity index (χ0n) is 23.2. The lowest BCUT2D eigenvalue weighted by atomic mass is 9.82. The van der Waals surface area contributed by atoms with E-state index in [0.29, 0.717) is 19.1 Å². The van der Waals surface area contributed by atoms with Gasteiger partial charge in [-0.1, -0.05) is 81.6 Å². The predicted molar refractivity (Wildman–Crippen MR) is 155 cm³/mol. The zero-order valence-corrected chi connectivity index (χ0v) is 23.2. The van der Waals surface area contributed by atoms with E-state index < -0.39 is 0 Å². The Bertz CT molecular complexity index is 1110. The number of ether oxygens (including phenoxy) is 3. The Kier molecular flexibility index (Phi) is 9.41. The number of benzene rings is 3. The molecule has 0 aromatic heterocycles. The molecule has 0 bridgehead atoms. The first-order valence-corrected chi connectivity index (χ1v) is 14.9. The first-order valence-electron chi connectivity index (χ1n) is 14.9. The summed E-state index contributed by atoms with van der Waals surface area (Å²) >= 11 is 0. The first kappa shape index (κ1) is 26.8. The van der Waals surface area contributed by atoms with Crippen LogP contribution in [-0.4, -0.2) is 19.5 Å². The standard InChI is InChI=1S/C35H44O3/c1-3-26(2)27-16-22-32(23-17-27)38-35(34-15-9-13-30-12-7-8-14-33(30)34)37-25-24-36-31-20-18-29(19-21-31)28-10-5-4-6-11-28/h7-8,12,14,16-23,26,28,34-35H,3-6,9-11,13,15,24-25H2,1-2H3. The summed E-state index contributed by atoms with van der Waals surface area (Å²) in [6.07, 6.45) is 10.9. The van der Waals surface area contributed by atoms with Crippen molar-refractivity contribution in [2.24, 2.45) is 0 Å². The number of hydrogen-bond donors (Lipinski definition) is 0. The van der Waals surface area contributed by atoms with Crippen LogP contribution in [-0.2, 0) is 11.2 Å². The number of hydrogen-bond acceptors (Lipinski definition) is 3. The van der Waals surface area contributed by atoms with Crippen LogP contribution in [0.2, 0.25) is 0 Å². The molecule has 1 saturated carbocycles. The molecule has 0 amide bonds. The van der Waals surface area contributed by atoms with E-state index in [9.17, 15) is 0 Å². The summed E-state index contributed by atoms with van der Waals surface area (Å²) in [7, 11) is 0. The maximum atomic E-state index is 6.54. The third-order valence-corrected chi connectivity index (χ3v) is 8.65. The van der Waals surface area contributed by atoms with Crippen LogP contribution in [0.15, 0.2) is 72.8 Å². The summed E-state index contributed by atoms with van der Waals surface area (Å²) in [6, 6.07) is 26.1. The molecule has 3 aromatic carbocycles. The van der Waals surface area contributed by atoms with Gasteiger partial charge in [0.25, 0.3) is 0 Å². The van der Waals surface area contributed by atoms with E-state index in [0.717, 1.165) is 43.1 Å². The van der Waals surface area contributed by atoms with Gasteiger partial charge in [-0.3, -0.25) is 0 Å². The highest BCUT2D eigenvalue weighted by molar-refractivity contribution is 5.34. The Morgan fingerprint density at radius 1 is 0.763 bits per heavy atom. The average molecular weight is 513 g/mol. The Balaban J connectivity index is 1.22. The van der Waals surface area contributed by atoms with Crippen molar-refractivity contribution in [3.63, 3.8) is 0 Å². The third-order valence-electron chi connectivity index (χ3n) is 8.65. The molecule has 2 aliphatic carbocycles. The lowest BCUT2D eigenvalue weighted by Crippen LogP contribution is -2.32. The van der Waals surface area contributed by atoms with Crippen LogP contribution in [0.25, 0.3) is 0 Å². The fourth-order valence-electron chi connectivity index (χ4n) is 6.15. The fourth-order valence-corrected chi connectivity index (χ4v) is 6.15. The van der Waals surface area contributed by atoms with Crippen LogP contribution in [0.3, 0.4) is 0 Å². The molecule has 5 rings (SSSR count). The second-order valence-electron chi connectivity index (χ2n) is 11.2. The van der Waals surface area contributed by atoms with E-state index in [1.807, 2.05) is 0 Å². The van der Waals surface area contributed by atoms with Crippen molar-refractivity contribution in [3.05, 3.63) is 95.1 Å². The molecule has 3 unspecified atom stereocenters. The van der Waals surface area contributed by atoms with E-state index in [2.05, 4.69) is 86.6 Å². The number of aryl methyl sites for hydroxylation is 1. The summed E-state index contributed by atoms with van der Waals surface area (Å²) in [5.74, 6) is 3.26. The van der Waals surface area contributed by atoms with Crippen molar-refractivity contribution in [1.29, 1.82) is 0 Å². The minimum atomic E-state index is -0.344. The quantitative estimate of drug-likeness (QED) is 0.189. The zero-order chi connectivity index (χ0) is 26.2. The topological polar surface area (TPSA) is 27.7 Å². The molecular formula is C35H44O3. The van der Waals surface area contributed by atoms with E-state index >= 15 is 0 Å². The van der Waals surface area contributed by atoms with Gasteiger partial charge >= 0.3 is 0 Å². The van der Waals surface area contributed by atoms with Crippen molar-refractivity contribution < 1.29 is 14.2 Å². The molecule has 38 heavy (non-hydrogen) atoms. The summed E-state index contributed by atoms with van der Waals surface area (Å²) in [5.41, 5.74) is 5.59. The lowest BCUT2D eigenvalue weighted by molar-refractivity contribution is -0.105. The maximum absolute atomic E-state index is 6.54. The van der Waals surface area contributed by atoms with Gasteiger partial charge in [0.1, 0.15) is 18.1 Å². The van der Waals surface area contributed by atoms with Gasteiger partial charge in [-0.15, -0.1) is 0 Å². The van der Waals surface area contributed by atoms with Gasteiger partial charge in [0.05, 0.1) is 6.61 Å².